The molecule has 16 heavy (non-hydrogen) atoms. The van der Waals surface area contributed by atoms with Crippen molar-refractivity contribution in [2.24, 2.45) is 5.14 Å². The van der Waals surface area contributed by atoms with Crippen molar-refractivity contribution in [2.75, 3.05) is 6.67 Å². The van der Waals surface area contributed by atoms with Gasteiger partial charge in [-0.25, -0.2) is 17.9 Å². The smallest absolute Gasteiger partial charge is 0.303 e. The van der Waals surface area contributed by atoms with Crippen LogP contribution in [0.5, 0.6) is 0 Å². The van der Waals surface area contributed by atoms with E-state index in [-0.39, 0.29) is 9.77 Å². The minimum absolute atomic E-state index is 0.0974. The number of sulfonamides is 1. The van der Waals surface area contributed by atoms with Crippen molar-refractivity contribution in [1.29, 1.82) is 0 Å². The number of primary sulfonamides is 1. The molecule has 0 fully saturated rings. The number of hydrogen-bond donors (Lipinski definition) is 1. The maximum atomic E-state index is 12.6. The SMILES string of the molecule is CC(=O)OC(CF)c1sccc1S(N)(=O)=O. The first-order valence-electron chi connectivity index (χ1n) is 4.19. The summed E-state index contributed by atoms with van der Waals surface area (Å²) < 4.78 is 39.6. The van der Waals surface area contributed by atoms with E-state index < -0.39 is 28.8 Å². The van der Waals surface area contributed by atoms with Crippen LogP contribution < -0.4 is 5.14 Å². The van der Waals surface area contributed by atoms with Gasteiger partial charge in [0.05, 0.1) is 9.77 Å². The van der Waals surface area contributed by atoms with Crippen molar-refractivity contribution in [1.82, 2.24) is 0 Å². The van der Waals surface area contributed by atoms with Gasteiger partial charge in [-0.15, -0.1) is 11.3 Å². The van der Waals surface area contributed by atoms with Crippen molar-refractivity contribution < 1.29 is 22.3 Å². The van der Waals surface area contributed by atoms with E-state index in [1.54, 1.807) is 0 Å². The predicted octanol–water partition coefficient (Wildman–Crippen LogP) is 0.969. The van der Waals surface area contributed by atoms with E-state index in [2.05, 4.69) is 4.74 Å². The Hall–Kier alpha value is -0.990. The molecule has 0 aromatic carbocycles. The fourth-order valence-electron chi connectivity index (χ4n) is 1.13. The Balaban J connectivity index is 3.12. The van der Waals surface area contributed by atoms with E-state index in [0.717, 1.165) is 18.3 Å². The first-order chi connectivity index (χ1) is 7.36. The fourth-order valence-corrected chi connectivity index (χ4v) is 3.18. The summed E-state index contributed by atoms with van der Waals surface area (Å²) in [6, 6.07) is 1.25. The summed E-state index contributed by atoms with van der Waals surface area (Å²) in [4.78, 5) is 10.6. The Bertz CT molecular complexity index is 482. The minimum Gasteiger partial charge on any atom is -0.454 e. The molecule has 0 aliphatic carbocycles. The highest BCUT2D eigenvalue weighted by molar-refractivity contribution is 7.89. The molecule has 1 aromatic heterocycles. The van der Waals surface area contributed by atoms with Gasteiger partial charge in [-0.1, -0.05) is 0 Å². The van der Waals surface area contributed by atoms with Gasteiger partial charge in [0.1, 0.15) is 6.67 Å². The molecular weight excluding hydrogens is 257 g/mol. The van der Waals surface area contributed by atoms with Gasteiger partial charge in [0.25, 0.3) is 0 Å². The zero-order valence-electron chi connectivity index (χ0n) is 8.34. The lowest BCUT2D eigenvalue weighted by Gasteiger charge is -2.12. The van der Waals surface area contributed by atoms with Crippen LogP contribution in [-0.4, -0.2) is 21.1 Å². The summed E-state index contributed by atoms with van der Waals surface area (Å²) in [5.74, 6) is -0.684. The number of carbonyl (C=O) groups is 1. The van der Waals surface area contributed by atoms with Crippen LogP contribution in [0.25, 0.3) is 0 Å². The third kappa shape index (κ3) is 3.00. The van der Waals surface area contributed by atoms with E-state index in [1.807, 2.05) is 0 Å². The Morgan fingerprint density at radius 2 is 2.31 bits per heavy atom. The first kappa shape index (κ1) is 13.1. The van der Waals surface area contributed by atoms with Gasteiger partial charge < -0.3 is 4.74 Å². The molecule has 90 valence electrons. The summed E-state index contributed by atoms with van der Waals surface area (Å²) in [7, 11) is -3.93. The molecule has 0 saturated carbocycles. The molecule has 1 atom stereocenters. The van der Waals surface area contributed by atoms with Crippen molar-refractivity contribution in [2.45, 2.75) is 17.9 Å². The molecule has 0 radical (unpaired) electrons. The van der Waals surface area contributed by atoms with Gasteiger partial charge in [0.2, 0.25) is 10.0 Å². The van der Waals surface area contributed by atoms with E-state index in [9.17, 15) is 17.6 Å². The molecule has 2 N–H and O–H groups in total. The molecule has 1 heterocycles. The van der Waals surface area contributed by atoms with Crippen LogP contribution in [-0.2, 0) is 19.6 Å². The van der Waals surface area contributed by atoms with Crippen LogP contribution in [0.15, 0.2) is 16.3 Å². The van der Waals surface area contributed by atoms with Gasteiger partial charge in [-0.05, 0) is 11.4 Å². The van der Waals surface area contributed by atoms with Crippen molar-refractivity contribution >= 4 is 27.3 Å². The molecule has 1 aromatic rings. The lowest BCUT2D eigenvalue weighted by molar-refractivity contribution is -0.147. The van der Waals surface area contributed by atoms with Gasteiger partial charge in [0.15, 0.2) is 6.10 Å². The number of alkyl halides is 1. The number of thiophene rings is 1. The lowest BCUT2D eigenvalue weighted by Crippen LogP contribution is -2.17. The Morgan fingerprint density at radius 3 is 2.75 bits per heavy atom. The average Bonchev–Trinajstić information content (AvgIpc) is 2.61. The summed E-state index contributed by atoms with van der Waals surface area (Å²) in [6.07, 6.45) is -1.22. The molecule has 8 heteroatoms. The summed E-state index contributed by atoms with van der Waals surface area (Å²) in [6.45, 7) is 0.121. The van der Waals surface area contributed by atoms with Gasteiger partial charge in [-0.3, -0.25) is 4.79 Å². The fraction of sp³-hybridized carbons (Fsp3) is 0.375. The van der Waals surface area contributed by atoms with Crippen LogP contribution in [0.4, 0.5) is 4.39 Å². The number of ether oxygens (including phenoxy) is 1. The Labute approximate surface area is 96.1 Å². The highest BCUT2D eigenvalue weighted by atomic mass is 32.2. The van der Waals surface area contributed by atoms with E-state index >= 15 is 0 Å². The molecule has 0 bridgehead atoms. The number of halogens is 1. The summed E-state index contributed by atoms with van der Waals surface area (Å²) >= 11 is 0.975. The Morgan fingerprint density at radius 1 is 1.69 bits per heavy atom. The van der Waals surface area contributed by atoms with Crippen LogP contribution in [0.2, 0.25) is 0 Å². The van der Waals surface area contributed by atoms with E-state index in [0.29, 0.717) is 0 Å². The normalized spacial score (nSPS) is 13.4. The molecule has 0 saturated heterocycles. The zero-order valence-corrected chi connectivity index (χ0v) is 9.98. The van der Waals surface area contributed by atoms with E-state index in [4.69, 9.17) is 5.14 Å². The lowest BCUT2D eigenvalue weighted by atomic mass is 10.3. The molecule has 0 amide bonds. The summed E-state index contributed by atoms with van der Waals surface area (Å²) in [5, 5.41) is 6.39. The first-order valence-corrected chi connectivity index (χ1v) is 6.62. The second-order valence-electron chi connectivity index (χ2n) is 2.95. The van der Waals surface area contributed by atoms with Crippen molar-refractivity contribution in [3.8, 4) is 0 Å². The van der Waals surface area contributed by atoms with Crippen molar-refractivity contribution in [3.05, 3.63) is 16.3 Å². The monoisotopic (exact) mass is 267 g/mol. The number of rotatable bonds is 4. The quantitative estimate of drug-likeness (QED) is 0.823. The summed E-state index contributed by atoms with van der Waals surface area (Å²) in [5.41, 5.74) is 0. The number of esters is 1. The zero-order chi connectivity index (χ0) is 12.3. The maximum absolute atomic E-state index is 12.6. The predicted molar refractivity (Wildman–Crippen MR) is 56.2 cm³/mol. The third-order valence-corrected chi connectivity index (χ3v) is 3.81. The highest BCUT2D eigenvalue weighted by Gasteiger charge is 2.24. The van der Waals surface area contributed by atoms with Gasteiger partial charge >= 0.3 is 5.97 Å². The average molecular weight is 267 g/mol. The largest absolute Gasteiger partial charge is 0.454 e. The maximum Gasteiger partial charge on any atom is 0.303 e. The van der Waals surface area contributed by atoms with Gasteiger partial charge in [-0.2, -0.15) is 0 Å². The van der Waals surface area contributed by atoms with Crippen LogP contribution in [0.3, 0.4) is 0 Å². The number of carbonyl (C=O) groups excluding carboxylic acids is 1. The molecule has 0 aliphatic rings. The third-order valence-electron chi connectivity index (χ3n) is 1.70. The second kappa shape index (κ2) is 4.89. The van der Waals surface area contributed by atoms with Crippen LogP contribution >= 0.6 is 11.3 Å². The van der Waals surface area contributed by atoms with E-state index in [1.165, 1.54) is 11.4 Å². The van der Waals surface area contributed by atoms with Crippen molar-refractivity contribution in [3.63, 3.8) is 0 Å². The molecule has 1 unspecified atom stereocenters. The minimum atomic E-state index is -3.93. The van der Waals surface area contributed by atoms with Gasteiger partial charge in [0, 0.05) is 6.92 Å². The van der Waals surface area contributed by atoms with Crippen LogP contribution in [0.1, 0.15) is 17.9 Å². The topological polar surface area (TPSA) is 86.5 Å². The molecule has 0 spiro atoms. The molecule has 1 rings (SSSR count). The molecular formula is C8H10FNO4S2. The standard InChI is InChI=1S/C8H10FNO4S2/c1-5(11)14-6(4-9)8-7(2-3-15-8)16(10,12)13/h2-3,6H,4H2,1H3,(H2,10,12,13). The second-order valence-corrected chi connectivity index (χ2v) is 5.42. The highest BCUT2D eigenvalue weighted by Crippen LogP contribution is 2.30. The molecule has 5 nitrogen and oxygen atoms in total. The Kier molecular flexibility index (Phi) is 4.00. The van der Waals surface area contributed by atoms with Crippen LogP contribution in [0, 0.1) is 0 Å². The number of hydrogen-bond acceptors (Lipinski definition) is 5. The number of nitrogens with two attached hydrogens (primary N) is 1. The molecule has 0 aliphatic heterocycles.